The van der Waals surface area contributed by atoms with E-state index in [9.17, 15) is 9.59 Å². The number of carbonyl (C=O) groups is 1. The zero-order chi connectivity index (χ0) is 23.7. The van der Waals surface area contributed by atoms with Crippen LogP contribution in [0, 0.1) is 6.92 Å². The quantitative estimate of drug-likeness (QED) is 0.473. The highest BCUT2D eigenvalue weighted by Crippen LogP contribution is 2.33. The number of pyridine rings is 3. The molecule has 1 fully saturated rings. The number of fused-ring (bicyclic) bond motifs is 1. The molecule has 0 bridgehead atoms. The second-order valence-electron chi connectivity index (χ2n) is 8.78. The van der Waals surface area contributed by atoms with Crippen molar-refractivity contribution in [3.63, 3.8) is 0 Å². The van der Waals surface area contributed by atoms with E-state index in [1.54, 1.807) is 24.5 Å². The standard InChI is InChI=1S/C26H28N6O2/c1-3-31-16-21(24(33)20-12-11-17(2)29-25(20)31)26(34)28-15-18-14-23(22-10-6-7-13-27-22)32(30-18)19-8-4-5-9-19/h6-7,10-14,16,19H,3-5,8-9,15H2,1-2H3,(H,28,34). The van der Waals surface area contributed by atoms with E-state index in [2.05, 4.69) is 20.0 Å². The molecule has 34 heavy (non-hydrogen) atoms. The number of aryl methyl sites for hydroxylation is 2. The number of aromatic nitrogens is 5. The van der Waals surface area contributed by atoms with Crippen molar-refractivity contribution in [3.8, 4) is 11.4 Å². The lowest BCUT2D eigenvalue weighted by Crippen LogP contribution is -2.30. The molecule has 0 atom stereocenters. The summed E-state index contributed by atoms with van der Waals surface area (Å²) in [5.74, 6) is -0.413. The van der Waals surface area contributed by atoms with E-state index in [1.807, 2.05) is 42.7 Å². The van der Waals surface area contributed by atoms with Gasteiger partial charge < -0.3 is 9.88 Å². The molecule has 0 radical (unpaired) electrons. The maximum absolute atomic E-state index is 13.0. The Morgan fingerprint density at radius 1 is 1.18 bits per heavy atom. The van der Waals surface area contributed by atoms with Crippen LogP contribution in [0.2, 0.25) is 0 Å². The van der Waals surface area contributed by atoms with Gasteiger partial charge in [-0.1, -0.05) is 18.9 Å². The smallest absolute Gasteiger partial charge is 0.257 e. The van der Waals surface area contributed by atoms with Gasteiger partial charge >= 0.3 is 0 Å². The molecule has 1 amide bonds. The third-order valence-corrected chi connectivity index (χ3v) is 6.46. The Kier molecular flexibility index (Phi) is 5.96. The van der Waals surface area contributed by atoms with Crippen molar-refractivity contribution in [2.24, 2.45) is 0 Å². The predicted octanol–water partition coefficient (Wildman–Crippen LogP) is 4.03. The molecule has 0 aromatic carbocycles. The van der Waals surface area contributed by atoms with Crippen molar-refractivity contribution in [1.29, 1.82) is 0 Å². The molecule has 0 spiro atoms. The summed E-state index contributed by atoms with van der Waals surface area (Å²) in [7, 11) is 0. The minimum Gasteiger partial charge on any atom is -0.346 e. The highest BCUT2D eigenvalue weighted by atomic mass is 16.2. The van der Waals surface area contributed by atoms with Crippen LogP contribution in [0.1, 0.15) is 60.4 Å². The fraction of sp³-hybridized carbons (Fsp3) is 0.346. The third kappa shape index (κ3) is 4.11. The Balaban J connectivity index is 1.43. The first kappa shape index (κ1) is 22.0. The Bertz CT molecular complexity index is 1400. The minimum atomic E-state index is -0.413. The molecule has 4 heterocycles. The number of hydrogen-bond donors (Lipinski definition) is 1. The van der Waals surface area contributed by atoms with Gasteiger partial charge in [0.1, 0.15) is 11.2 Å². The van der Waals surface area contributed by atoms with Crippen molar-refractivity contribution in [3.05, 3.63) is 76.0 Å². The first-order chi connectivity index (χ1) is 16.5. The van der Waals surface area contributed by atoms with Gasteiger partial charge in [-0.15, -0.1) is 0 Å². The summed E-state index contributed by atoms with van der Waals surface area (Å²) in [5.41, 5.74) is 3.79. The average Bonchev–Trinajstić information content (AvgIpc) is 3.53. The van der Waals surface area contributed by atoms with Gasteiger partial charge in [0.15, 0.2) is 0 Å². The van der Waals surface area contributed by atoms with E-state index in [-0.39, 0.29) is 17.5 Å². The van der Waals surface area contributed by atoms with Crippen LogP contribution in [0.3, 0.4) is 0 Å². The van der Waals surface area contributed by atoms with Crippen molar-refractivity contribution in [2.45, 2.75) is 58.7 Å². The molecule has 4 aromatic rings. The fourth-order valence-electron chi connectivity index (χ4n) is 4.69. The van der Waals surface area contributed by atoms with Gasteiger partial charge in [0.2, 0.25) is 5.43 Å². The summed E-state index contributed by atoms with van der Waals surface area (Å²) in [6, 6.07) is 11.7. The molecule has 1 N–H and O–H groups in total. The molecule has 0 unspecified atom stereocenters. The van der Waals surface area contributed by atoms with Crippen molar-refractivity contribution >= 4 is 16.9 Å². The molecule has 1 saturated carbocycles. The SMILES string of the molecule is CCn1cc(C(=O)NCc2cc(-c3ccccn3)n(C3CCCC3)n2)c(=O)c2ccc(C)nc21. The number of hydrogen-bond acceptors (Lipinski definition) is 5. The van der Waals surface area contributed by atoms with Gasteiger partial charge in [-0.25, -0.2) is 4.98 Å². The van der Waals surface area contributed by atoms with Gasteiger partial charge in [-0.2, -0.15) is 5.10 Å². The van der Waals surface area contributed by atoms with Crippen LogP contribution in [-0.4, -0.2) is 30.2 Å². The van der Waals surface area contributed by atoms with Crippen molar-refractivity contribution in [2.75, 3.05) is 0 Å². The zero-order valence-electron chi connectivity index (χ0n) is 19.5. The van der Waals surface area contributed by atoms with E-state index >= 15 is 0 Å². The highest BCUT2D eigenvalue weighted by molar-refractivity contribution is 5.96. The largest absolute Gasteiger partial charge is 0.346 e. The number of rotatable bonds is 6. The Morgan fingerprint density at radius 3 is 2.74 bits per heavy atom. The fourth-order valence-corrected chi connectivity index (χ4v) is 4.69. The van der Waals surface area contributed by atoms with Gasteiger partial charge in [0.25, 0.3) is 5.91 Å². The van der Waals surface area contributed by atoms with Crippen molar-refractivity contribution < 1.29 is 4.79 Å². The van der Waals surface area contributed by atoms with Gasteiger partial charge in [-0.3, -0.25) is 19.3 Å². The normalized spacial score (nSPS) is 14.1. The molecule has 1 aliphatic carbocycles. The van der Waals surface area contributed by atoms with E-state index in [1.165, 1.54) is 12.8 Å². The van der Waals surface area contributed by atoms with Crippen LogP contribution in [0.25, 0.3) is 22.4 Å². The molecule has 8 nitrogen and oxygen atoms in total. The second kappa shape index (κ2) is 9.21. The van der Waals surface area contributed by atoms with E-state index in [0.29, 0.717) is 23.6 Å². The van der Waals surface area contributed by atoms with Gasteiger partial charge in [0, 0.05) is 24.6 Å². The zero-order valence-corrected chi connectivity index (χ0v) is 19.5. The topological polar surface area (TPSA) is 94.7 Å². The molecule has 8 heteroatoms. The summed E-state index contributed by atoms with van der Waals surface area (Å²) >= 11 is 0. The van der Waals surface area contributed by atoms with Crippen LogP contribution in [0.5, 0.6) is 0 Å². The molecular weight excluding hydrogens is 428 g/mol. The van der Waals surface area contributed by atoms with Crippen LogP contribution in [0.15, 0.2) is 53.6 Å². The maximum atomic E-state index is 13.0. The summed E-state index contributed by atoms with van der Waals surface area (Å²) in [4.78, 5) is 35.1. The molecule has 0 aliphatic heterocycles. The number of nitrogens with one attached hydrogen (secondary N) is 1. The summed E-state index contributed by atoms with van der Waals surface area (Å²) in [5, 5.41) is 8.16. The Morgan fingerprint density at radius 2 is 2.00 bits per heavy atom. The summed E-state index contributed by atoms with van der Waals surface area (Å²) in [6.07, 6.45) is 7.94. The number of carbonyl (C=O) groups excluding carboxylic acids is 1. The van der Waals surface area contributed by atoms with Gasteiger partial charge in [-0.05, 0) is 57.0 Å². The Hall–Kier alpha value is -3.81. The highest BCUT2D eigenvalue weighted by Gasteiger charge is 2.23. The lowest BCUT2D eigenvalue weighted by atomic mass is 10.1. The number of amides is 1. The minimum absolute atomic E-state index is 0.111. The Labute approximate surface area is 197 Å². The predicted molar refractivity (Wildman–Crippen MR) is 131 cm³/mol. The summed E-state index contributed by atoms with van der Waals surface area (Å²) < 4.78 is 3.90. The van der Waals surface area contributed by atoms with E-state index < -0.39 is 5.91 Å². The maximum Gasteiger partial charge on any atom is 0.257 e. The molecule has 5 rings (SSSR count). The molecule has 1 aliphatic rings. The van der Waals surface area contributed by atoms with Crippen LogP contribution >= 0.6 is 0 Å². The monoisotopic (exact) mass is 456 g/mol. The lowest BCUT2D eigenvalue weighted by Gasteiger charge is -2.13. The third-order valence-electron chi connectivity index (χ3n) is 6.46. The van der Waals surface area contributed by atoms with Crippen molar-refractivity contribution in [1.82, 2.24) is 29.6 Å². The van der Waals surface area contributed by atoms with Crippen LogP contribution < -0.4 is 10.7 Å². The van der Waals surface area contributed by atoms with E-state index in [4.69, 9.17) is 5.10 Å². The molecule has 0 saturated heterocycles. The van der Waals surface area contributed by atoms with E-state index in [0.717, 1.165) is 35.6 Å². The molecular formula is C26H28N6O2. The van der Waals surface area contributed by atoms with Crippen LogP contribution in [-0.2, 0) is 13.1 Å². The number of nitrogens with zero attached hydrogens (tertiary/aromatic N) is 5. The lowest BCUT2D eigenvalue weighted by molar-refractivity contribution is 0.0948. The van der Waals surface area contributed by atoms with Crippen LogP contribution in [0.4, 0.5) is 0 Å². The van der Waals surface area contributed by atoms with Gasteiger partial charge in [0.05, 0.1) is 35.1 Å². The molecule has 4 aromatic heterocycles. The first-order valence-electron chi connectivity index (χ1n) is 11.8. The first-order valence-corrected chi connectivity index (χ1v) is 11.8. The average molecular weight is 457 g/mol. The second-order valence-corrected chi connectivity index (χ2v) is 8.78. The molecule has 174 valence electrons. The summed E-state index contributed by atoms with van der Waals surface area (Å²) in [6.45, 7) is 4.68.